The van der Waals surface area contributed by atoms with Crippen LogP contribution in [0.5, 0.6) is 0 Å². The number of carbonyl (C=O) groups excluding carboxylic acids is 2. The first-order valence-electron chi connectivity index (χ1n) is 11.6. The molecule has 2 aliphatic heterocycles. The molecular formula is C23H25F3N8O2. The van der Waals surface area contributed by atoms with Crippen molar-refractivity contribution < 1.29 is 22.8 Å². The van der Waals surface area contributed by atoms with Gasteiger partial charge in [0, 0.05) is 38.2 Å². The molecule has 0 radical (unpaired) electrons. The first-order chi connectivity index (χ1) is 17.2. The van der Waals surface area contributed by atoms with E-state index in [4.69, 9.17) is 0 Å². The summed E-state index contributed by atoms with van der Waals surface area (Å²) in [5.41, 5.74) is 1.12. The summed E-state index contributed by atoms with van der Waals surface area (Å²) in [6, 6.07) is 7.22. The number of anilines is 1. The van der Waals surface area contributed by atoms with Crippen molar-refractivity contribution >= 4 is 17.6 Å². The molecule has 4 heterocycles. The number of nitrogens with zero attached hydrogens (tertiary/aromatic N) is 7. The Bertz CT molecular complexity index is 1280. The summed E-state index contributed by atoms with van der Waals surface area (Å²) in [7, 11) is 1.60. The minimum Gasteiger partial charge on any atom is -0.337 e. The van der Waals surface area contributed by atoms with Gasteiger partial charge in [0.25, 0.3) is 17.7 Å². The first-order valence-corrected chi connectivity index (χ1v) is 11.6. The van der Waals surface area contributed by atoms with Gasteiger partial charge in [-0.2, -0.15) is 5.10 Å². The maximum Gasteiger partial charge on any atom is 0.291 e. The van der Waals surface area contributed by atoms with Gasteiger partial charge in [0.15, 0.2) is 0 Å². The van der Waals surface area contributed by atoms with E-state index in [-0.39, 0.29) is 37.2 Å². The van der Waals surface area contributed by atoms with Crippen LogP contribution in [0, 0.1) is 5.82 Å². The number of hydrogen-bond acceptors (Lipinski definition) is 6. The van der Waals surface area contributed by atoms with Crippen LogP contribution < -0.4 is 10.2 Å². The molecule has 0 spiro atoms. The third-order valence-corrected chi connectivity index (χ3v) is 6.34. The smallest absolute Gasteiger partial charge is 0.291 e. The van der Waals surface area contributed by atoms with Crippen LogP contribution in [-0.4, -0.2) is 79.9 Å². The molecule has 0 saturated carbocycles. The minimum atomic E-state index is -2.61. The van der Waals surface area contributed by atoms with E-state index in [2.05, 4.69) is 20.5 Å². The van der Waals surface area contributed by atoms with Crippen molar-refractivity contribution in [2.24, 2.45) is 0 Å². The maximum atomic E-state index is 13.9. The molecule has 2 aliphatic rings. The fourth-order valence-corrected chi connectivity index (χ4v) is 4.41. The lowest BCUT2D eigenvalue weighted by molar-refractivity contribution is -0.129. The highest BCUT2D eigenvalue weighted by atomic mass is 19.3. The lowest BCUT2D eigenvalue weighted by Gasteiger charge is -2.38. The van der Waals surface area contributed by atoms with E-state index in [1.165, 1.54) is 22.0 Å². The van der Waals surface area contributed by atoms with Crippen LogP contribution >= 0.6 is 0 Å². The second kappa shape index (κ2) is 9.37. The van der Waals surface area contributed by atoms with Gasteiger partial charge in [-0.05, 0) is 12.5 Å². The highest BCUT2D eigenvalue weighted by Gasteiger charge is 2.43. The number of benzene rings is 1. The average Bonchev–Trinajstić information content (AvgIpc) is 3.44. The monoisotopic (exact) mass is 502 g/mol. The summed E-state index contributed by atoms with van der Waals surface area (Å²) >= 11 is 0. The Balaban J connectivity index is 1.19. The summed E-state index contributed by atoms with van der Waals surface area (Å²) in [5, 5.41) is 11.3. The number of hydrogen-bond donors (Lipinski definition) is 1. The molecule has 1 N–H and O–H groups in total. The summed E-state index contributed by atoms with van der Waals surface area (Å²) in [6.45, 7) is 0.487. The molecule has 13 heteroatoms. The van der Waals surface area contributed by atoms with Crippen molar-refractivity contribution in [1.29, 1.82) is 0 Å². The van der Waals surface area contributed by atoms with Gasteiger partial charge < -0.3 is 5.32 Å². The Morgan fingerprint density at radius 3 is 2.75 bits per heavy atom. The number of aryl methyl sites for hydroxylation is 1. The number of aromatic nitrogens is 5. The first kappa shape index (κ1) is 24.0. The fourth-order valence-electron chi connectivity index (χ4n) is 4.41. The second-order valence-electron chi connectivity index (χ2n) is 9.10. The van der Waals surface area contributed by atoms with E-state index in [0.717, 1.165) is 0 Å². The summed E-state index contributed by atoms with van der Waals surface area (Å²) in [5.74, 6) is -3.46. The highest BCUT2D eigenvalue weighted by Crippen LogP contribution is 2.27. The summed E-state index contributed by atoms with van der Waals surface area (Å²) in [6.07, 6.45) is 2.14. The molecule has 10 nitrogen and oxygen atoms in total. The van der Waals surface area contributed by atoms with Gasteiger partial charge in [-0.3, -0.25) is 19.4 Å². The Kier molecular flexibility index (Phi) is 6.24. The lowest BCUT2D eigenvalue weighted by atomic mass is 10.1. The molecule has 190 valence electrons. The molecule has 1 atom stereocenters. The molecule has 1 fully saturated rings. The third kappa shape index (κ3) is 4.96. The van der Waals surface area contributed by atoms with Crippen molar-refractivity contribution in [3.8, 4) is 0 Å². The zero-order chi connectivity index (χ0) is 25.4. The van der Waals surface area contributed by atoms with Crippen LogP contribution in [0.4, 0.5) is 19.0 Å². The number of amides is 2. The van der Waals surface area contributed by atoms with Gasteiger partial charge >= 0.3 is 0 Å². The van der Waals surface area contributed by atoms with Gasteiger partial charge in [-0.1, -0.05) is 18.2 Å². The lowest BCUT2D eigenvalue weighted by Crippen LogP contribution is -2.56. The molecular weight excluding hydrogens is 477 g/mol. The van der Waals surface area contributed by atoms with E-state index in [1.54, 1.807) is 40.9 Å². The number of carbonyl (C=O) groups is 2. The van der Waals surface area contributed by atoms with Crippen LogP contribution in [-0.2, 0) is 24.3 Å². The van der Waals surface area contributed by atoms with Crippen molar-refractivity contribution in [3.63, 3.8) is 0 Å². The Hall–Kier alpha value is -3.74. The number of likely N-dealkylation sites (tertiary alicyclic amines) is 1. The standard InChI is InChI=1S/C23H25F3N8O2/c1-31-19-10-16(6-8-32-12-23(25,26)13-32)29-34(19)9-7-18(22(31)36)28-21(35)20-27-14-33(30-20)11-15-4-2-3-5-17(15)24/h2-5,10,14,18H,6-9,11-13H2,1H3,(H,28,35)/t18-/m0/s1. The van der Waals surface area contributed by atoms with E-state index < -0.39 is 17.9 Å². The Labute approximate surface area is 204 Å². The van der Waals surface area contributed by atoms with Gasteiger partial charge in [-0.15, -0.1) is 5.10 Å². The Morgan fingerprint density at radius 1 is 1.22 bits per heavy atom. The molecule has 3 aromatic rings. The molecule has 1 saturated heterocycles. The number of rotatable bonds is 7. The van der Waals surface area contributed by atoms with Crippen molar-refractivity contribution in [2.45, 2.75) is 37.9 Å². The molecule has 2 amide bonds. The number of halogens is 3. The fraction of sp³-hybridized carbons (Fsp3) is 0.435. The molecule has 0 bridgehead atoms. The zero-order valence-electron chi connectivity index (χ0n) is 19.6. The van der Waals surface area contributed by atoms with Crippen LogP contribution in [0.2, 0.25) is 0 Å². The summed E-state index contributed by atoms with van der Waals surface area (Å²) < 4.78 is 43.0. The van der Waals surface area contributed by atoms with E-state index in [9.17, 15) is 22.8 Å². The Morgan fingerprint density at radius 2 is 2.00 bits per heavy atom. The number of nitrogens with one attached hydrogen (secondary N) is 1. The van der Waals surface area contributed by atoms with Crippen molar-refractivity contribution in [3.05, 3.63) is 59.6 Å². The number of fused-ring (bicyclic) bond motifs is 1. The minimum absolute atomic E-state index is 0.113. The van der Waals surface area contributed by atoms with Crippen LogP contribution in [0.15, 0.2) is 36.7 Å². The third-order valence-electron chi connectivity index (χ3n) is 6.34. The molecule has 36 heavy (non-hydrogen) atoms. The SMILES string of the molecule is CN1C(=O)[C@@H](NC(=O)c2ncn(Cc3ccccc3F)n2)CCn2nc(CCN3CC(F)(F)C3)cc21. The summed E-state index contributed by atoms with van der Waals surface area (Å²) in [4.78, 5) is 32.9. The predicted octanol–water partition coefficient (Wildman–Crippen LogP) is 1.32. The van der Waals surface area contributed by atoms with Gasteiger partial charge in [0.2, 0.25) is 5.82 Å². The van der Waals surface area contributed by atoms with E-state index >= 15 is 0 Å². The van der Waals surface area contributed by atoms with Crippen LogP contribution in [0.1, 0.15) is 28.3 Å². The molecule has 5 rings (SSSR count). The number of likely N-dealkylation sites (N-methyl/N-ethyl adjacent to an activating group) is 1. The molecule has 1 aromatic carbocycles. The number of alkyl halides is 2. The average molecular weight is 503 g/mol. The topological polar surface area (TPSA) is 101 Å². The molecule has 0 aliphatic carbocycles. The van der Waals surface area contributed by atoms with Crippen molar-refractivity contribution in [1.82, 2.24) is 34.8 Å². The predicted molar refractivity (Wildman–Crippen MR) is 122 cm³/mol. The quantitative estimate of drug-likeness (QED) is 0.523. The second-order valence-corrected chi connectivity index (χ2v) is 9.10. The zero-order valence-corrected chi connectivity index (χ0v) is 19.6. The van der Waals surface area contributed by atoms with Crippen LogP contribution in [0.25, 0.3) is 0 Å². The van der Waals surface area contributed by atoms with Gasteiger partial charge in [0.05, 0.1) is 25.3 Å². The molecule has 0 unspecified atom stereocenters. The highest BCUT2D eigenvalue weighted by molar-refractivity contribution is 6.00. The van der Waals surface area contributed by atoms with Gasteiger partial charge in [-0.25, -0.2) is 27.5 Å². The van der Waals surface area contributed by atoms with Crippen molar-refractivity contribution in [2.75, 3.05) is 31.6 Å². The van der Waals surface area contributed by atoms with E-state index in [0.29, 0.717) is 43.0 Å². The maximum absolute atomic E-state index is 13.9. The molecule has 2 aromatic heterocycles. The largest absolute Gasteiger partial charge is 0.337 e. The van der Waals surface area contributed by atoms with Crippen LogP contribution in [0.3, 0.4) is 0 Å². The van der Waals surface area contributed by atoms with Gasteiger partial charge in [0.1, 0.15) is 24.0 Å². The van der Waals surface area contributed by atoms with E-state index in [1.807, 2.05) is 0 Å². The normalized spacial score (nSPS) is 19.5.